The van der Waals surface area contributed by atoms with Gasteiger partial charge in [0.15, 0.2) is 0 Å². The third-order valence-electron chi connectivity index (χ3n) is 5.63. The van der Waals surface area contributed by atoms with E-state index in [0.29, 0.717) is 24.3 Å². The topological polar surface area (TPSA) is 69.7 Å². The zero-order valence-corrected chi connectivity index (χ0v) is 18.7. The molecule has 3 rings (SSSR count). The predicted octanol–water partition coefficient (Wildman–Crippen LogP) is 3.93. The second-order valence-corrected chi connectivity index (χ2v) is 8.62. The summed E-state index contributed by atoms with van der Waals surface area (Å²) in [6.07, 6.45) is 0.240. The Kier molecular flexibility index (Phi) is 7.10. The Hall–Kier alpha value is -3.15. The molecule has 31 heavy (non-hydrogen) atoms. The maximum Gasteiger partial charge on any atom is 0.254 e. The Bertz CT molecular complexity index is 923. The molecule has 1 atom stereocenters. The Balaban J connectivity index is 1.64. The first-order chi connectivity index (χ1) is 14.8. The Labute approximate surface area is 184 Å². The molecule has 1 saturated heterocycles. The van der Waals surface area contributed by atoms with Gasteiger partial charge in [0.25, 0.3) is 5.91 Å². The molecule has 0 radical (unpaired) electrons. The number of carbonyl (C=O) groups is 3. The van der Waals surface area contributed by atoms with Crippen molar-refractivity contribution in [3.8, 4) is 0 Å². The lowest BCUT2D eigenvalue weighted by Crippen LogP contribution is -2.36. The fraction of sp³-hybridized carbons (Fsp3) is 0.400. The van der Waals surface area contributed by atoms with Gasteiger partial charge in [0.1, 0.15) is 0 Å². The van der Waals surface area contributed by atoms with Crippen LogP contribution in [0.2, 0.25) is 0 Å². The minimum absolute atomic E-state index is 0.0169. The van der Waals surface area contributed by atoms with Gasteiger partial charge in [-0.1, -0.05) is 30.3 Å². The number of hydrogen-bond donors (Lipinski definition) is 1. The van der Waals surface area contributed by atoms with E-state index in [1.54, 1.807) is 29.2 Å². The van der Waals surface area contributed by atoms with Gasteiger partial charge in [0.2, 0.25) is 11.8 Å². The summed E-state index contributed by atoms with van der Waals surface area (Å²) in [5.41, 5.74) is 2.27. The van der Waals surface area contributed by atoms with Crippen molar-refractivity contribution in [2.45, 2.75) is 52.7 Å². The normalized spacial score (nSPS) is 16.1. The first kappa shape index (κ1) is 22.5. The van der Waals surface area contributed by atoms with Gasteiger partial charge in [0.05, 0.1) is 5.92 Å². The summed E-state index contributed by atoms with van der Waals surface area (Å²) in [4.78, 5) is 41.3. The molecule has 2 aromatic carbocycles. The summed E-state index contributed by atoms with van der Waals surface area (Å²) in [7, 11) is 0. The molecule has 2 aromatic rings. The van der Waals surface area contributed by atoms with Crippen molar-refractivity contribution in [1.82, 2.24) is 9.80 Å². The fourth-order valence-corrected chi connectivity index (χ4v) is 3.78. The minimum Gasteiger partial charge on any atom is -0.339 e. The van der Waals surface area contributed by atoms with E-state index in [-0.39, 0.29) is 42.1 Å². The van der Waals surface area contributed by atoms with Crippen LogP contribution >= 0.6 is 0 Å². The minimum atomic E-state index is -0.349. The first-order valence-corrected chi connectivity index (χ1v) is 10.8. The number of rotatable bonds is 7. The number of hydrogen-bond acceptors (Lipinski definition) is 3. The van der Waals surface area contributed by atoms with Crippen LogP contribution in [0.3, 0.4) is 0 Å². The van der Waals surface area contributed by atoms with Crippen LogP contribution in [-0.2, 0) is 16.1 Å². The van der Waals surface area contributed by atoms with E-state index in [0.717, 1.165) is 5.56 Å². The van der Waals surface area contributed by atoms with Crippen LogP contribution in [0, 0.1) is 5.92 Å². The first-order valence-electron chi connectivity index (χ1n) is 10.8. The van der Waals surface area contributed by atoms with Gasteiger partial charge in [-0.25, -0.2) is 0 Å². The SMILES string of the molecule is CC(C)N1CC(C(=O)Nc2ccc(C(=O)N(Cc3ccccc3)C(C)C)cc2)CC1=O. The van der Waals surface area contributed by atoms with Crippen molar-refractivity contribution in [3.63, 3.8) is 0 Å². The summed E-state index contributed by atoms with van der Waals surface area (Å²) in [6, 6.07) is 17.0. The van der Waals surface area contributed by atoms with Crippen LogP contribution in [0.1, 0.15) is 50.0 Å². The number of nitrogens with one attached hydrogen (secondary N) is 1. The van der Waals surface area contributed by atoms with E-state index in [1.165, 1.54) is 0 Å². The van der Waals surface area contributed by atoms with Crippen molar-refractivity contribution in [2.75, 3.05) is 11.9 Å². The van der Waals surface area contributed by atoms with Gasteiger partial charge >= 0.3 is 0 Å². The largest absolute Gasteiger partial charge is 0.339 e. The average molecular weight is 422 g/mol. The molecule has 0 bridgehead atoms. The summed E-state index contributed by atoms with van der Waals surface area (Å²) in [5.74, 6) is -0.545. The molecule has 1 fully saturated rings. The molecular formula is C25H31N3O3. The highest BCUT2D eigenvalue weighted by molar-refractivity contribution is 5.98. The highest BCUT2D eigenvalue weighted by atomic mass is 16.2. The van der Waals surface area contributed by atoms with Crippen LogP contribution in [-0.4, -0.2) is 46.1 Å². The van der Waals surface area contributed by atoms with E-state index in [4.69, 9.17) is 0 Å². The number of carbonyl (C=O) groups excluding carboxylic acids is 3. The lowest BCUT2D eigenvalue weighted by Gasteiger charge is -2.27. The number of nitrogens with zero attached hydrogens (tertiary/aromatic N) is 2. The Morgan fingerprint density at radius 2 is 1.68 bits per heavy atom. The van der Waals surface area contributed by atoms with Gasteiger partial charge in [-0.05, 0) is 57.5 Å². The highest BCUT2D eigenvalue weighted by Crippen LogP contribution is 2.22. The van der Waals surface area contributed by atoms with Gasteiger partial charge in [0, 0.05) is 42.8 Å². The molecule has 1 aliphatic rings. The summed E-state index contributed by atoms with van der Waals surface area (Å²) < 4.78 is 0. The molecule has 164 valence electrons. The molecule has 6 nitrogen and oxygen atoms in total. The molecule has 3 amide bonds. The van der Waals surface area contributed by atoms with E-state index < -0.39 is 0 Å². The van der Waals surface area contributed by atoms with Crippen molar-refractivity contribution < 1.29 is 14.4 Å². The number of amides is 3. The van der Waals surface area contributed by atoms with Crippen molar-refractivity contribution in [2.24, 2.45) is 5.92 Å². The van der Waals surface area contributed by atoms with Crippen molar-refractivity contribution >= 4 is 23.4 Å². The molecule has 0 aliphatic carbocycles. The smallest absolute Gasteiger partial charge is 0.254 e. The molecule has 1 aliphatic heterocycles. The molecule has 6 heteroatoms. The summed E-state index contributed by atoms with van der Waals surface area (Å²) >= 11 is 0. The molecule has 0 saturated carbocycles. The summed E-state index contributed by atoms with van der Waals surface area (Å²) in [6.45, 7) is 8.88. The quantitative estimate of drug-likeness (QED) is 0.736. The van der Waals surface area contributed by atoms with Crippen LogP contribution < -0.4 is 5.32 Å². The number of likely N-dealkylation sites (tertiary alicyclic amines) is 1. The van der Waals surface area contributed by atoms with Crippen LogP contribution in [0.4, 0.5) is 5.69 Å². The van der Waals surface area contributed by atoms with Crippen LogP contribution in [0.15, 0.2) is 54.6 Å². The standard InChI is InChI=1S/C25H31N3O3/c1-17(2)27-16-21(14-23(27)29)24(30)26-22-12-10-20(11-13-22)25(31)28(18(3)4)15-19-8-6-5-7-9-19/h5-13,17-18,21H,14-16H2,1-4H3,(H,26,30). The Morgan fingerprint density at radius 3 is 2.23 bits per heavy atom. The van der Waals surface area contributed by atoms with E-state index >= 15 is 0 Å². The van der Waals surface area contributed by atoms with Crippen LogP contribution in [0.5, 0.6) is 0 Å². The third kappa shape index (κ3) is 5.51. The Morgan fingerprint density at radius 1 is 1.03 bits per heavy atom. The van der Waals surface area contributed by atoms with Crippen molar-refractivity contribution in [1.29, 1.82) is 0 Å². The zero-order chi connectivity index (χ0) is 22.5. The molecule has 1 heterocycles. The predicted molar refractivity (Wildman–Crippen MR) is 121 cm³/mol. The van der Waals surface area contributed by atoms with Gasteiger partial charge in [-0.15, -0.1) is 0 Å². The maximum absolute atomic E-state index is 13.1. The average Bonchev–Trinajstić information content (AvgIpc) is 3.15. The second-order valence-electron chi connectivity index (χ2n) is 8.62. The molecule has 0 aromatic heterocycles. The number of benzene rings is 2. The molecule has 1 N–H and O–H groups in total. The molecule has 1 unspecified atom stereocenters. The van der Waals surface area contributed by atoms with E-state index in [2.05, 4.69) is 5.32 Å². The van der Waals surface area contributed by atoms with Crippen molar-refractivity contribution in [3.05, 3.63) is 65.7 Å². The van der Waals surface area contributed by atoms with Gasteiger partial charge < -0.3 is 15.1 Å². The van der Waals surface area contributed by atoms with Gasteiger partial charge in [-0.2, -0.15) is 0 Å². The second kappa shape index (κ2) is 9.77. The van der Waals surface area contributed by atoms with E-state index in [1.807, 2.05) is 62.9 Å². The summed E-state index contributed by atoms with van der Waals surface area (Å²) in [5, 5.41) is 2.88. The fourth-order valence-electron chi connectivity index (χ4n) is 3.78. The van der Waals surface area contributed by atoms with Crippen LogP contribution in [0.25, 0.3) is 0 Å². The highest BCUT2D eigenvalue weighted by Gasteiger charge is 2.35. The lowest BCUT2D eigenvalue weighted by atomic mass is 10.1. The lowest BCUT2D eigenvalue weighted by molar-refractivity contribution is -0.129. The third-order valence-corrected chi connectivity index (χ3v) is 5.63. The van der Waals surface area contributed by atoms with E-state index in [9.17, 15) is 14.4 Å². The molecule has 0 spiro atoms. The number of anilines is 1. The monoisotopic (exact) mass is 421 g/mol. The zero-order valence-electron chi connectivity index (χ0n) is 18.7. The maximum atomic E-state index is 13.1. The van der Waals surface area contributed by atoms with Gasteiger partial charge in [-0.3, -0.25) is 14.4 Å². The molecular weight excluding hydrogens is 390 g/mol.